The number of alkyl halides is 1. The zero-order chi connectivity index (χ0) is 10.9. The van der Waals surface area contributed by atoms with Gasteiger partial charge >= 0.3 is 0 Å². The van der Waals surface area contributed by atoms with E-state index in [4.69, 9.17) is 0 Å². The minimum atomic E-state index is -0.201. The van der Waals surface area contributed by atoms with Crippen LogP contribution in [0.25, 0.3) is 0 Å². The normalized spacial score (nSPS) is 17.1. The van der Waals surface area contributed by atoms with Gasteiger partial charge in [0.05, 0.1) is 11.1 Å². The quantitative estimate of drug-likeness (QED) is 0.807. The van der Waals surface area contributed by atoms with Crippen molar-refractivity contribution in [3.05, 3.63) is 34.2 Å². The summed E-state index contributed by atoms with van der Waals surface area (Å²) < 4.78 is 0. The lowest BCUT2D eigenvalue weighted by Crippen LogP contribution is -2.38. The first kappa shape index (κ1) is 10.4. The van der Waals surface area contributed by atoms with Crippen molar-refractivity contribution in [3.63, 3.8) is 0 Å². The molecule has 0 bridgehead atoms. The van der Waals surface area contributed by atoms with Gasteiger partial charge in [0.25, 0.3) is 5.91 Å². The first-order valence-electron chi connectivity index (χ1n) is 4.72. The van der Waals surface area contributed by atoms with Gasteiger partial charge in [0.15, 0.2) is 0 Å². The summed E-state index contributed by atoms with van der Waals surface area (Å²) in [4.78, 5) is 25.0. The fraction of sp³-hybridized carbons (Fsp3) is 0.400. The van der Waals surface area contributed by atoms with Crippen molar-refractivity contribution in [2.45, 2.75) is 18.4 Å². The first-order chi connectivity index (χ1) is 7.15. The molecule has 1 aromatic rings. The molecule has 1 aromatic heterocycles. The summed E-state index contributed by atoms with van der Waals surface area (Å²) in [7, 11) is 0. The summed E-state index contributed by atoms with van der Waals surface area (Å²) in [5.74, 6) is -0.136. The zero-order valence-electron chi connectivity index (χ0n) is 8.05. The molecule has 0 aromatic carbocycles. The molecular formula is C10H11BrN2O2. The van der Waals surface area contributed by atoms with Gasteiger partial charge in [-0.3, -0.25) is 9.59 Å². The van der Waals surface area contributed by atoms with Crippen molar-refractivity contribution < 1.29 is 4.79 Å². The van der Waals surface area contributed by atoms with E-state index in [1.54, 1.807) is 0 Å². The van der Waals surface area contributed by atoms with Crippen molar-refractivity contribution in [2.24, 2.45) is 0 Å². The van der Waals surface area contributed by atoms with Crippen molar-refractivity contribution in [3.8, 4) is 0 Å². The van der Waals surface area contributed by atoms with E-state index >= 15 is 0 Å². The van der Waals surface area contributed by atoms with Crippen LogP contribution in [-0.4, -0.2) is 21.8 Å². The van der Waals surface area contributed by atoms with Crippen molar-refractivity contribution in [1.82, 2.24) is 10.3 Å². The number of nitrogens with one attached hydrogen (secondary N) is 2. The molecule has 0 unspecified atom stereocenters. The lowest BCUT2D eigenvalue weighted by atomic mass is 10.2. The third-order valence-electron chi connectivity index (χ3n) is 2.53. The Balaban J connectivity index is 2.08. The highest BCUT2D eigenvalue weighted by atomic mass is 79.9. The van der Waals surface area contributed by atoms with E-state index < -0.39 is 0 Å². The molecule has 1 heterocycles. The second-order valence-corrected chi connectivity index (χ2v) is 4.37. The van der Waals surface area contributed by atoms with Crippen LogP contribution in [0.4, 0.5) is 0 Å². The Morgan fingerprint density at radius 2 is 2.27 bits per heavy atom. The molecule has 0 atom stereocenters. The molecule has 0 saturated heterocycles. The van der Waals surface area contributed by atoms with E-state index in [9.17, 15) is 9.59 Å². The lowest BCUT2D eigenvalue weighted by Gasteiger charge is -2.13. The second-order valence-electron chi connectivity index (χ2n) is 3.81. The lowest BCUT2D eigenvalue weighted by molar-refractivity contribution is 0.0936. The van der Waals surface area contributed by atoms with Crippen molar-refractivity contribution in [1.29, 1.82) is 0 Å². The molecule has 0 aliphatic heterocycles. The van der Waals surface area contributed by atoms with Gasteiger partial charge in [0.1, 0.15) is 0 Å². The molecule has 1 aliphatic carbocycles. The van der Waals surface area contributed by atoms with Gasteiger partial charge in [0.2, 0.25) is 5.56 Å². The number of halogens is 1. The summed E-state index contributed by atoms with van der Waals surface area (Å²) in [5.41, 5.74) is 0.225. The molecule has 15 heavy (non-hydrogen) atoms. The molecule has 1 amide bonds. The number of carbonyl (C=O) groups excluding carboxylic acids is 1. The van der Waals surface area contributed by atoms with E-state index in [0.717, 1.165) is 18.2 Å². The van der Waals surface area contributed by atoms with Crippen LogP contribution in [0.15, 0.2) is 23.1 Å². The third kappa shape index (κ3) is 2.28. The highest BCUT2D eigenvalue weighted by Crippen LogP contribution is 2.37. The van der Waals surface area contributed by atoms with Gasteiger partial charge in [-0.2, -0.15) is 0 Å². The van der Waals surface area contributed by atoms with Crippen LogP contribution in [0, 0.1) is 0 Å². The Hall–Kier alpha value is -1.10. The van der Waals surface area contributed by atoms with Gasteiger partial charge in [-0.05, 0) is 18.9 Å². The topological polar surface area (TPSA) is 62.0 Å². The fourth-order valence-corrected chi connectivity index (χ4v) is 2.01. The van der Waals surface area contributed by atoms with Crippen LogP contribution in [-0.2, 0) is 0 Å². The Labute approximate surface area is 95.2 Å². The minimum absolute atomic E-state index is 0.0623. The van der Waals surface area contributed by atoms with Crippen LogP contribution >= 0.6 is 15.9 Å². The Bertz CT molecular complexity index is 417. The fourth-order valence-electron chi connectivity index (χ4n) is 1.31. The van der Waals surface area contributed by atoms with Gasteiger partial charge < -0.3 is 10.3 Å². The van der Waals surface area contributed by atoms with E-state index in [1.165, 1.54) is 18.3 Å². The summed E-state index contributed by atoms with van der Waals surface area (Å²) in [6.07, 6.45) is 3.45. The van der Waals surface area contributed by atoms with E-state index in [1.807, 2.05) is 0 Å². The number of pyridine rings is 1. The second kappa shape index (κ2) is 3.81. The molecule has 80 valence electrons. The van der Waals surface area contributed by atoms with E-state index in [0.29, 0.717) is 5.56 Å². The maximum absolute atomic E-state index is 11.7. The number of aromatic amines is 1. The van der Waals surface area contributed by atoms with Crippen LogP contribution < -0.4 is 10.9 Å². The zero-order valence-corrected chi connectivity index (χ0v) is 9.63. The van der Waals surface area contributed by atoms with Crippen LogP contribution in [0.1, 0.15) is 23.2 Å². The van der Waals surface area contributed by atoms with Crippen LogP contribution in [0.5, 0.6) is 0 Å². The molecule has 2 rings (SSSR count). The predicted molar refractivity (Wildman–Crippen MR) is 60.3 cm³/mol. The molecule has 0 spiro atoms. The molecule has 2 N–H and O–H groups in total. The maximum atomic E-state index is 11.7. The number of hydrogen-bond donors (Lipinski definition) is 2. The van der Waals surface area contributed by atoms with Crippen molar-refractivity contribution in [2.75, 3.05) is 5.33 Å². The average Bonchev–Trinajstić information content (AvgIpc) is 2.99. The average molecular weight is 271 g/mol. The van der Waals surface area contributed by atoms with E-state index in [-0.39, 0.29) is 17.0 Å². The highest BCUT2D eigenvalue weighted by Gasteiger charge is 2.42. The molecule has 1 aliphatic rings. The molecule has 1 fully saturated rings. The van der Waals surface area contributed by atoms with Crippen LogP contribution in [0.3, 0.4) is 0 Å². The maximum Gasteiger partial charge on any atom is 0.253 e. The van der Waals surface area contributed by atoms with Gasteiger partial charge in [-0.25, -0.2) is 0 Å². The predicted octanol–water partition coefficient (Wildman–Crippen LogP) is 1.03. The number of hydrogen-bond acceptors (Lipinski definition) is 2. The van der Waals surface area contributed by atoms with Crippen LogP contribution in [0.2, 0.25) is 0 Å². The Morgan fingerprint density at radius 3 is 2.73 bits per heavy atom. The number of H-pyrrole nitrogens is 1. The van der Waals surface area contributed by atoms with Crippen molar-refractivity contribution >= 4 is 21.8 Å². The van der Waals surface area contributed by atoms with Gasteiger partial charge in [-0.15, -0.1) is 0 Å². The molecule has 5 heteroatoms. The summed E-state index contributed by atoms with van der Waals surface area (Å²) in [6.45, 7) is 0. The Kier molecular flexibility index (Phi) is 2.65. The SMILES string of the molecule is O=C(NC1(CBr)CC1)c1ccc(=O)[nH]c1. The minimum Gasteiger partial charge on any atom is -0.346 e. The monoisotopic (exact) mass is 270 g/mol. The Morgan fingerprint density at radius 1 is 1.53 bits per heavy atom. The number of aromatic nitrogens is 1. The number of rotatable bonds is 3. The largest absolute Gasteiger partial charge is 0.346 e. The summed E-state index contributed by atoms with van der Waals surface area (Å²) in [6, 6.07) is 2.88. The highest BCUT2D eigenvalue weighted by molar-refractivity contribution is 9.09. The number of amides is 1. The molecular weight excluding hydrogens is 260 g/mol. The summed E-state index contributed by atoms with van der Waals surface area (Å²) in [5, 5.41) is 3.72. The smallest absolute Gasteiger partial charge is 0.253 e. The first-order valence-corrected chi connectivity index (χ1v) is 5.85. The third-order valence-corrected chi connectivity index (χ3v) is 3.61. The standard InChI is InChI=1S/C10H11BrN2O2/c11-6-10(3-4-10)13-9(15)7-1-2-8(14)12-5-7/h1-2,5H,3-4,6H2,(H,12,14)(H,13,15). The summed E-state index contributed by atoms with van der Waals surface area (Å²) >= 11 is 3.37. The van der Waals surface area contributed by atoms with E-state index in [2.05, 4.69) is 26.2 Å². The molecule has 1 saturated carbocycles. The van der Waals surface area contributed by atoms with Gasteiger partial charge in [-0.1, -0.05) is 15.9 Å². The number of carbonyl (C=O) groups is 1. The molecule has 0 radical (unpaired) electrons. The van der Waals surface area contributed by atoms with Gasteiger partial charge in [0, 0.05) is 17.6 Å². The molecule has 4 nitrogen and oxygen atoms in total.